The van der Waals surface area contributed by atoms with Crippen LogP contribution >= 0.6 is 0 Å². The second-order valence-electron chi connectivity index (χ2n) is 7.34. The maximum Gasteiger partial charge on any atom is 0.317 e. The minimum atomic E-state index is 0.102. The van der Waals surface area contributed by atoms with Crippen molar-refractivity contribution in [2.75, 3.05) is 7.05 Å². The highest BCUT2D eigenvalue weighted by atomic mass is 16.2. The van der Waals surface area contributed by atoms with Crippen molar-refractivity contribution in [3.63, 3.8) is 0 Å². The molecule has 1 aromatic rings. The van der Waals surface area contributed by atoms with Crippen molar-refractivity contribution in [3.05, 3.63) is 17.5 Å². The van der Waals surface area contributed by atoms with Gasteiger partial charge in [-0.3, -0.25) is 4.68 Å². The number of aromatic nitrogens is 2. The van der Waals surface area contributed by atoms with E-state index in [4.69, 9.17) is 0 Å². The van der Waals surface area contributed by atoms with Crippen LogP contribution in [0.3, 0.4) is 0 Å². The van der Waals surface area contributed by atoms with Crippen molar-refractivity contribution < 1.29 is 4.79 Å². The number of amides is 2. The summed E-state index contributed by atoms with van der Waals surface area (Å²) in [5.41, 5.74) is 2.49. The molecule has 0 aromatic carbocycles. The van der Waals surface area contributed by atoms with Crippen LogP contribution in [0.1, 0.15) is 55.8 Å². The molecule has 120 valence electrons. The Bertz CT molecular complexity index is 561. The molecular formula is C17H26N4O. The van der Waals surface area contributed by atoms with Crippen LogP contribution in [0.15, 0.2) is 6.20 Å². The van der Waals surface area contributed by atoms with E-state index in [0.717, 1.165) is 31.1 Å². The Morgan fingerprint density at radius 1 is 1.32 bits per heavy atom. The predicted molar refractivity (Wildman–Crippen MR) is 84.4 cm³/mol. The third-order valence-electron chi connectivity index (χ3n) is 5.65. The zero-order valence-corrected chi connectivity index (χ0v) is 13.6. The highest BCUT2D eigenvalue weighted by Crippen LogP contribution is 2.47. The molecule has 1 atom stereocenters. The van der Waals surface area contributed by atoms with Gasteiger partial charge in [0.1, 0.15) is 0 Å². The zero-order chi connectivity index (χ0) is 15.3. The Kier molecular flexibility index (Phi) is 3.39. The molecular weight excluding hydrogens is 276 g/mol. The van der Waals surface area contributed by atoms with Gasteiger partial charge in [-0.05, 0) is 56.8 Å². The van der Waals surface area contributed by atoms with Crippen molar-refractivity contribution in [2.24, 2.45) is 18.9 Å². The first-order chi connectivity index (χ1) is 10.6. The molecule has 0 unspecified atom stereocenters. The van der Waals surface area contributed by atoms with Crippen LogP contribution in [0.2, 0.25) is 0 Å². The van der Waals surface area contributed by atoms with Crippen LogP contribution < -0.4 is 5.32 Å². The molecule has 3 aliphatic carbocycles. The molecule has 1 N–H and O–H groups in total. The molecule has 0 saturated heterocycles. The summed E-state index contributed by atoms with van der Waals surface area (Å²) in [5.74, 6) is 1.51. The molecule has 1 aromatic heterocycles. The topological polar surface area (TPSA) is 50.2 Å². The van der Waals surface area contributed by atoms with Gasteiger partial charge in [0.05, 0.1) is 12.2 Å². The minimum absolute atomic E-state index is 0.102. The van der Waals surface area contributed by atoms with Gasteiger partial charge in [0, 0.05) is 31.4 Å². The lowest BCUT2D eigenvalue weighted by molar-refractivity contribution is 0.169. The first kappa shape index (κ1) is 14.1. The number of urea groups is 1. The Morgan fingerprint density at radius 2 is 2.00 bits per heavy atom. The van der Waals surface area contributed by atoms with Crippen molar-refractivity contribution >= 4 is 6.03 Å². The third-order valence-corrected chi connectivity index (χ3v) is 5.65. The third kappa shape index (κ3) is 2.50. The van der Waals surface area contributed by atoms with Gasteiger partial charge in [-0.1, -0.05) is 0 Å². The Balaban J connectivity index is 1.45. The van der Waals surface area contributed by atoms with Crippen LogP contribution in [0, 0.1) is 11.8 Å². The first-order valence-corrected chi connectivity index (χ1v) is 8.69. The standard InChI is InChI=1S/C17H26N4O/c1-20(16(11-6-7-11)12-8-9-12)17(22)19-14-4-3-5-15-13(14)10-18-21(15)2/h10-12,14,16H,3-9H2,1-2H3,(H,19,22)/t14-/m0/s1. The van der Waals surface area contributed by atoms with Gasteiger partial charge >= 0.3 is 6.03 Å². The molecule has 0 bridgehead atoms. The molecule has 2 saturated carbocycles. The van der Waals surface area contributed by atoms with Crippen molar-refractivity contribution in [1.29, 1.82) is 0 Å². The molecule has 4 rings (SSSR count). The van der Waals surface area contributed by atoms with Gasteiger partial charge in [-0.25, -0.2) is 4.79 Å². The summed E-state index contributed by atoms with van der Waals surface area (Å²) in [6.07, 6.45) is 10.3. The minimum Gasteiger partial charge on any atom is -0.331 e. The Labute approximate surface area is 132 Å². The fourth-order valence-corrected chi connectivity index (χ4v) is 4.14. The van der Waals surface area contributed by atoms with Crippen LogP contribution in [0.4, 0.5) is 4.79 Å². The Hall–Kier alpha value is -1.52. The summed E-state index contributed by atoms with van der Waals surface area (Å²) in [5, 5.41) is 7.63. The van der Waals surface area contributed by atoms with Gasteiger partial charge in [0.15, 0.2) is 0 Å². The summed E-state index contributed by atoms with van der Waals surface area (Å²) in [6.45, 7) is 0. The van der Waals surface area contributed by atoms with E-state index in [9.17, 15) is 4.79 Å². The molecule has 5 heteroatoms. The number of nitrogens with zero attached hydrogens (tertiary/aromatic N) is 3. The normalized spacial score (nSPS) is 24.2. The molecule has 2 amide bonds. The van der Waals surface area contributed by atoms with E-state index < -0.39 is 0 Å². The summed E-state index contributed by atoms with van der Waals surface area (Å²) in [7, 11) is 3.98. The lowest BCUT2D eigenvalue weighted by Gasteiger charge is -2.31. The van der Waals surface area contributed by atoms with E-state index >= 15 is 0 Å². The summed E-state index contributed by atoms with van der Waals surface area (Å²) in [4.78, 5) is 14.7. The number of aryl methyl sites for hydroxylation is 1. The average Bonchev–Trinajstić information content (AvgIpc) is 3.42. The fraction of sp³-hybridized carbons (Fsp3) is 0.765. The molecule has 1 heterocycles. The summed E-state index contributed by atoms with van der Waals surface area (Å²) in [6, 6.07) is 0.703. The van der Waals surface area contributed by atoms with E-state index in [1.54, 1.807) is 0 Å². The van der Waals surface area contributed by atoms with Gasteiger partial charge in [-0.15, -0.1) is 0 Å². The van der Waals surface area contributed by atoms with E-state index in [1.807, 2.05) is 29.9 Å². The van der Waals surface area contributed by atoms with E-state index in [-0.39, 0.29) is 12.1 Å². The number of hydrogen-bond acceptors (Lipinski definition) is 2. The van der Waals surface area contributed by atoms with E-state index in [0.29, 0.717) is 6.04 Å². The summed E-state index contributed by atoms with van der Waals surface area (Å²) >= 11 is 0. The Morgan fingerprint density at radius 3 is 2.64 bits per heavy atom. The van der Waals surface area contributed by atoms with E-state index in [1.165, 1.54) is 36.9 Å². The number of fused-ring (bicyclic) bond motifs is 1. The van der Waals surface area contributed by atoms with E-state index in [2.05, 4.69) is 10.4 Å². The van der Waals surface area contributed by atoms with Gasteiger partial charge < -0.3 is 10.2 Å². The fourth-order valence-electron chi connectivity index (χ4n) is 4.14. The number of rotatable bonds is 4. The SMILES string of the molecule is CN(C(=O)N[C@H]1CCCc2c1cnn2C)C(C1CC1)C1CC1. The van der Waals surface area contributed by atoms with Crippen LogP contribution in [-0.2, 0) is 13.5 Å². The van der Waals surface area contributed by atoms with Gasteiger partial charge in [-0.2, -0.15) is 5.10 Å². The molecule has 3 aliphatic rings. The highest BCUT2D eigenvalue weighted by molar-refractivity contribution is 5.75. The smallest absolute Gasteiger partial charge is 0.317 e. The van der Waals surface area contributed by atoms with Crippen LogP contribution in [0.5, 0.6) is 0 Å². The molecule has 0 aliphatic heterocycles. The maximum absolute atomic E-state index is 12.7. The van der Waals surface area contributed by atoms with Gasteiger partial charge in [0.25, 0.3) is 0 Å². The zero-order valence-electron chi connectivity index (χ0n) is 13.6. The number of nitrogens with one attached hydrogen (secondary N) is 1. The molecule has 2 fully saturated rings. The molecule has 0 spiro atoms. The largest absolute Gasteiger partial charge is 0.331 e. The second kappa shape index (κ2) is 5.28. The highest BCUT2D eigenvalue weighted by Gasteiger charge is 2.45. The second-order valence-corrected chi connectivity index (χ2v) is 7.34. The number of carbonyl (C=O) groups excluding carboxylic acids is 1. The van der Waals surface area contributed by atoms with Crippen molar-refractivity contribution in [1.82, 2.24) is 20.0 Å². The van der Waals surface area contributed by atoms with Gasteiger partial charge in [0.2, 0.25) is 0 Å². The van der Waals surface area contributed by atoms with Crippen molar-refractivity contribution in [3.8, 4) is 0 Å². The quantitative estimate of drug-likeness (QED) is 0.929. The average molecular weight is 302 g/mol. The maximum atomic E-state index is 12.7. The first-order valence-electron chi connectivity index (χ1n) is 8.69. The molecule has 5 nitrogen and oxygen atoms in total. The number of hydrogen-bond donors (Lipinski definition) is 1. The summed E-state index contributed by atoms with van der Waals surface area (Å²) < 4.78 is 1.95. The van der Waals surface area contributed by atoms with Crippen LogP contribution in [-0.4, -0.2) is 33.8 Å². The lowest BCUT2D eigenvalue weighted by atomic mass is 9.93. The van der Waals surface area contributed by atoms with Crippen LogP contribution in [0.25, 0.3) is 0 Å². The monoisotopic (exact) mass is 302 g/mol. The molecule has 0 radical (unpaired) electrons. The predicted octanol–water partition coefficient (Wildman–Crippen LogP) is 2.63. The van der Waals surface area contributed by atoms with Crippen molar-refractivity contribution in [2.45, 2.75) is 57.0 Å². The lowest BCUT2D eigenvalue weighted by Crippen LogP contribution is -2.47. The number of carbonyl (C=O) groups is 1. The molecule has 22 heavy (non-hydrogen) atoms.